The van der Waals surface area contributed by atoms with Gasteiger partial charge in [0.05, 0.1) is 12.1 Å². The van der Waals surface area contributed by atoms with Gasteiger partial charge in [-0.3, -0.25) is 4.79 Å². The lowest BCUT2D eigenvalue weighted by molar-refractivity contribution is -0.121. The largest absolute Gasteiger partial charge is 0.351 e. The summed E-state index contributed by atoms with van der Waals surface area (Å²) in [5.74, 6) is 1.24. The first-order valence-electron chi connectivity index (χ1n) is 7.48. The minimum absolute atomic E-state index is 0.103. The number of aryl methyl sites for hydroxylation is 3. The molecule has 1 aliphatic heterocycles. The van der Waals surface area contributed by atoms with E-state index in [1.54, 1.807) is 0 Å². The molecule has 0 unspecified atom stereocenters. The molecule has 1 atom stereocenters. The highest BCUT2D eigenvalue weighted by Crippen LogP contribution is 2.15. The van der Waals surface area contributed by atoms with Gasteiger partial charge in [-0.25, -0.2) is 4.98 Å². The molecule has 3 rings (SSSR count). The molecule has 0 spiro atoms. The number of imidazole rings is 1. The maximum atomic E-state index is 12.2. The maximum Gasteiger partial charge on any atom is 0.224 e. The van der Waals surface area contributed by atoms with E-state index in [-0.39, 0.29) is 11.9 Å². The Balaban J connectivity index is 1.59. The van der Waals surface area contributed by atoms with Gasteiger partial charge in [0.15, 0.2) is 0 Å². The summed E-state index contributed by atoms with van der Waals surface area (Å²) in [7, 11) is 0. The van der Waals surface area contributed by atoms with Crippen LogP contribution in [-0.2, 0) is 24.2 Å². The van der Waals surface area contributed by atoms with Crippen molar-refractivity contribution in [3.05, 3.63) is 53.1 Å². The first-order chi connectivity index (χ1) is 10.1. The highest BCUT2D eigenvalue weighted by Gasteiger charge is 2.21. The zero-order valence-corrected chi connectivity index (χ0v) is 12.6. The molecule has 0 bridgehead atoms. The van der Waals surface area contributed by atoms with Crippen LogP contribution in [0.1, 0.15) is 29.1 Å². The fourth-order valence-electron chi connectivity index (χ4n) is 2.99. The molecule has 4 nitrogen and oxygen atoms in total. The van der Waals surface area contributed by atoms with Crippen LogP contribution >= 0.6 is 0 Å². The topological polar surface area (TPSA) is 46.9 Å². The van der Waals surface area contributed by atoms with Gasteiger partial charge < -0.3 is 9.88 Å². The first-order valence-corrected chi connectivity index (χ1v) is 7.48. The molecule has 0 radical (unpaired) electrons. The van der Waals surface area contributed by atoms with Gasteiger partial charge in [0, 0.05) is 25.2 Å². The van der Waals surface area contributed by atoms with Gasteiger partial charge in [-0.15, -0.1) is 0 Å². The van der Waals surface area contributed by atoms with Crippen molar-refractivity contribution in [2.75, 3.05) is 0 Å². The summed E-state index contributed by atoms with van der Waals surface area (Å²) < 4.78 is 2.16. The van der Waals surface area contributed by atoms with Crippen molar-refractivity contribution in [3.8, 4) is 0 Å². The van der Waals surface area contributed by atoms with Crippen molar-refractivity contribution >= 4 is 5.91 Å². The Labute approximate surface area is 125 Å². The lowest BCUT2D eigenvalue weighted by Gasteiger charge is -2.24. The Bertz CT molecular complexity index is 660. The summed E-state index contributed by atoms with van der Waals surface area (Å²) >= 11 is 0. The van der Waals surface area contributed by atoms with Gasteiger partial charge in [0.2, 0.25) is 5.91 Å². The highest BCUT2D eigenvalue weighted by molar-refractivity contribution is 5.78. The maximum absolute atomic E-state index is 12.2. The van der Waals surface area contributed by atoms with Crippen molar-refractivity contribution in [1.29, 1.82) is 0 Å². The van der Waals surface area contributed by atoms with Crippen LogP contribution in [0.3, 0.4) is 0 Å². The van der Waals surface area contributed by atoms with Crippen LogP contribution in [0.5, 0.6) is 0 Å². The summed E-state index contributed by atoms with van der Waals surface area (Å²) in [5.41, 5.74) is 3.32. The second-order valence-corrected chi connectivity index (χ2v) is 5.92. The summed E-state index contributed by atoms with van der Waals surface area (Å²) in [6.07, 6.45) is 4.42. The number of amides is 1. The normalized spacial score (nSPS) is 17.3. The average Bonchev–Trinajstić information content (AvgIpc) is 2.78. The molecule has 1 N–H and O–H groups in total. The van der Waals surface area contributed by atoms with Gasteiger partial charge in [0.25, 0.3) is 0 Å². The van der Waals surface area contributed by atoms with E-state index in [1.165, 1.54) is 5.56 Å². The smallest absolute Gasteiger partial charge is 0.224 e. The monoisotopic (exact) mass is 283 g/mol. The van der Waals surface area contributed by atoms with Crippen LogP contribution in [0, 0.1) is 13.8 Å². The van der Waals surface area contributed by atoms with Crippen LogP contribution in [0.2, 0.25) is 0 Å². The molecule has 21 heavy (non-hydrogen) atoms. The number of benzene rings is 1. The van der Waals surface area contributed by atoms with Crippen LogP contribution < -0.4 is 5.32 Å². The molecule has 1 aromatic heterocycles. The molecule has 0 fully saturated rings. The number of nitrogens with one attached hydrogen (secondary N) is 1. The second-order valence-electron chi connectivity index (χ2n) is 5.92. The fourth-order valence-corrected chi connectivity index (χ4v) is 2.99. The lowest BCUT2D eigenvalue weighted by Crippen LogP contribution is -2.41. The number of carbonyl (C=O) groups excluding carboxylic acids is 1. The van der Waals surface area contributed by atoms with Gasteiger partial charge >= 0.3 is 0 Å². The second kappa shape index (κ2) is 5.72. The third kappa shape index (κ3) is 3.32. The zero-order valence-electron chi connectivity index (χ0n) is 12.6. The van der Waals surface area contributed by atoms with E-state index in [1.807, 2.05) is 32.0 Å². The number of hydrogen-bond acceptors (Lipinski definition) is 2. The van der Waals surface area contributed by atoms with Crippen molar-refractivity contribution in [1.82, 2.24) is 14.9 Å². The molecular weight excluding hydrogens is 262 g/mol. The predicted octanol–water partition coefficient (Wildman–Crippen LogP) is 2.17. The summed E-state index contributed by atoms with van der Waals surface area (Å²) in [4.78, 5) is 16.7. The summed E-state index contributed by atoms with van der Waals surface area (Å²) in [5, 5.41) is 3.15. The van der Waals surface area contributed by atoms with E-state index in [9.17, 15) is 4.79 Å². The Kier molecular flexibility index (Phi) is 3.78. The summed E-state index contributed by atoms with van der Waals surface area (Å²) in [6, 6.07) is 8.33. The number of rotatable bonds is 3. The molecule has 0 saturated heterocycles. The van der Waals surface area contributed by atoms with Crippen LogP contribution in [0.25, 0.3) is 0 Å². The third-order valence-electron chi connectivity index (χ3n) is 3.93. The van der Waals surface area contributed by atoms with Crippen molar-refractivity contribution in [2.45, 2.75) is 45.7 Å². The number of fused-ring (bicyclic) bond motifs is 1. The zero-order chi connectivity index (χ0) is 14.8. The fraction of sp³-hybridized carbons (Fsp3) is 0.412. The molecule has 1 amide bonds. The number of nitrogens with zero attached hydrogens (tertiary/aromatic N) is 2. The molecule has 2 aromatic rings. The highest BCUT2D eigenvalue weighted by atomic mass is 16.1. The number of carbonyl (C=O) groups is 1. The molecular formula is C17H21N3O. The standard InChI is InChI=1S/C17H21N3O/c1-12-4-3-5-14(8-12)9-17(21)19-15-6-7-16-18-13(2)10-20(16)11-15/h3-5,8,10,15H,6-7,9,11H2,1-2H3,(H,19,21)/t15-/m1/s1. The first kappa shape index (κ1) is 13.9. The predicted molar refractivity (Wildman–Crippen MR) is 82.1 cm³/mol. The van der Waals surface area contributed by atoms with E-state index < -0.39 is 0 Å². The molecule has 1 aliphatic rings. The van der Waals surface area contributed by atoms with E-state index in [0.29, 0.717) is 6.42 Å². The van der Waals surface area contributed by atoms with Crippen LogP contribution in [-0.4, -0.2) is 21.5 Å². The number of aromatic nitrogens is 2. The van der Waals surface area contributed by atoms with Crippen LogP contribution in [0.4, 0.5) is 0 Å². The Morgan fingerprint density at radius 2 is 2.29 bits per heavy atom. The third-order valence-corrected chi connectivity index (χ3v) is 3.93. The molecule has 1 aromatic carbocycles. The van der Waals surface area contributed by atoms with E-state index in [2.05, 4.69) is 27.1 Å². The molecule has 4 heteroatoms. The van der Waals surface area contributed by atoms with E-state index in [4.69, 9.17) is 0 Å². The molecule has 0 aliphatic carbocycles. The van der Waals surface area contributed by atoms with Gasteiger partial charge in [-0.1, -0.05) is 29.8 Å². The minimum atomic E-state index is 0.103. The van der Waals surface area contributed by atoms with Crippen molar-refractivity contribution in [3.63, 3.8) is 0 Å². The van der Waals surface area contributed by atoms with Crippen molar-refractivity contribution < 1.29 is 4.79 Å². The average molecular weight is 283 g/mol. The molecule has 110 valence electrons. The Morgan fingerprint density at radius 1 is 1.43 bits per heavy atom. The SMILES string of the molecule is Cc1cccc(CC(=O)N[C@@H]2CCc3nc(C)cn3C2)c1. The lowest BCUT2D eigenvalue weighted by atomic mass is 10.1. The Morgan fingerprint density at radius 3 is 3.10 bits per heavy atom. The van der Waals surface area contributed by atoms with Gasteiger partial charge in [-0.05, 0) is 25.8 Å². The Hall–Kier alpha value is -2.10. The van der Waals surface area contributed by atoms with Crippen LogP contribution in [0.15, 0.2) is 30.5 Å². The minimum Gasteiger partial charge on any atom is -0.351 e. The van der Waals surface area contributed by atoms with Crippen molar-refractivity contribution in [2.24, 2.45) is 0 Å². The number of hydrogen-bond donors (Lipinski definition) is 1. The van der Waals surface area contributed by atoms with E-state index >= 15 is 0 Å². The van der Waals surface area contributed by atoms with E-state index in [0.717, 1.165) is 36.5 Å². The van der Waals surface area contributed by atoms with Gasteiger partial charge in [-0.2, -0.15) is 0 Å². The van der Waals surface area contributed by atoms with Gasteiger partial charge in [0.1, 0.15) is 5.82 Å². The summed E-state index contributed by atoms with van der Waals surface area (Å²) in [6.45, 7) is 4.89. The molecule has 2 heterocycles. The molecule has 0 saturated carbocycles. The quantitative estimate of drug-likeness (QED) is 0.938.